The smallest absolute Gasteiger partial charge is 0.394 e. The third kappa shape index (κ3) is 17.0. The van der Waals surface area contributed by atoms with E-state index in [1.54, 1.807) is 44.2 Å². The van der Waals surface area contributed by atoms with Crippen molar-refractivity contribution in [2.75, 3.05) is 18.1 Å². The number of aryl methyl sites for hydroxylation is 2. The number of carbonyl (C=O) groups is 2. The first-order valence-corrected chi connectivity index (χ1v) is 26.5. The number of halogens is 9. The van der Waals surface area contributed by atoms with Gasteiger partial charge in [-0.05, 0) is 106 Å². The molecule has 0 bridgehead atoms. The summed E-state index contributed by atoms with van der Waals surface area (Å²) >= 11 is 13.9. The molecule has 4 aromatic heterocycles. The number of carboxylic acids is 1. The Balaban J connectivity index is 0.000000322. The normalized spacial score (nSPS) is 14.3. The van der Waals surface area contributed by atoms with Crippen molar-refractivity contribution >= 4 is 86.1 Å². The van der Waals surface area contributed by atoms with Crippen LogP contribution in [0.25, 0.3) is 11.6 Å². The largest absolute Gasteiger partial charge is 0.478 e. The van der Waals surface area contributed by atoms with Crippen molar-refractivity contribution in [3.05, 3.63) is 130 Å². The SMILES string of the molecule is Cc1ccccc1S(=O)(=O)NC(=O)c1ccc(-n2ccc(OCCC3(C(F)(F)F)CC3)n2)nc1Cl.Cc1ccccc1S(N)(=O)=O.O=C(O)c1ccc(-n2ccc(OCCC3(C(F)(F)F)CC3)n2)nc1Cl.[2H]CI.[2H][B].[U]. The van der Waals surface area contributed by atoms with Gasteiger partial charge in [0.05, 0.1) is 45.0 Å². The maximum absolute atomic E-state index is 13.0. The molecule has 1 amide bonds. The van der Waals surface area contributed by atoms with Crippen LogP contribution in [0.4, 0.5) is 26.3 Å². The second kappa shape index (κ2) is 26.8. The molecule has 0 saturated heterocycles. The van der Waals surface area contributed by atoms with Crippen LogP contribution in [0.1, 0.15) is 71.7 Å². The zero-order valence-electron chi connectivity index (χ0n) is 41.4. The monoisotopic (exact) mass is 1470 g/mol. The van der Waals surface area contributed by atoms with Crippen LogP contribution in [-0.2, 0) is 20.0 Å². The maximum atomic E-state index is 13.0. The average molecular weight is 1470 g/mol. The molecular formula is C45H46BCl2F6IN8O9S2U. The van der Waals surface area contributed by atoms with E-state index >= 15 is 0 Å². The van der Waals surface area contributed by atoms with Crippen molar-refractivity contribution in [3.63, 3.8) is 0 Å². The minimum absolute atomic E-state index is 0. The van der Waals surface area contributed by atoms with E-state index in [4.69, 9.17) is 45.6 Å². The summed E-state index contributed by atoms with van der Waals surface area (Å²) in [5.74, 6) is -1.45. The molecule has 17 nitrogen and oxygen atoms in total. The number of pyridine rings is 2. The van der Waals surface area contributed by atoms with Crippen molar-refractivity contribution in [2.24, 2.45) is 16.0 Å². The number of hydrogen-bond donors (Lipinski definition) is 3. The van der Waals surface area contributed by atoms with Gasteiger partial charge in [-0.25, -0.2) is 50.8 Å². The number of carbonyl (C=O) groups excluding carboxylic acids is 1. The second-order valence-corrected chi connectivity index (χ2v) is 20.2. The Kier molecular flexibility index (Phi) is 21.9. The number of benzene rings is 2. The van der Waals surface area contributed by atoms with Gasteiger partial charge in [-0.15, -0.1) is 10.2 Å². The molecule has 2 saturated carbocycles. The third-order valence-electron chi connectivity index (χ3n) is 11.3. The van der Waals surface area contributed by atoms with E-state index in [-0.39, 0.29) is 137 Å². The number of sulfonamides is 2. The molecule has 2 fully saturated rings. The van der Waals surface area contributed by atoms with Crippen molar-refractivity contribution in [1.82, 2.24) is 34.3 Å². The number of nitrogens with two attached hydrogens (primary N) is 1. The van der Waals surface area contributed by atoms with Gasteiger partial charge in [-0.2, -0.15) is 26.3 Å². The van der Waals surface area contributed by atoms with Gasteiger partial charge < -0.3 is 14.6 Å². The number of nitrogens with zero attached hydrogens (tertiary/aromatic N) is 6. The Morgan fingerprint density at radius 3 is 1.47 bits per heavy atom. The number of nitrogens with one attached hydrogen (secondary N) is 1. The molecule has 4 N–H and O–H groups in total. The molecule has 0 unspecified atom stereocenters. The molecular weight excluding hydrogens is 1420 g/mol. The topological polar surface area (TPSA) is 241 Å². The van der Waals surface area contributed by atoms with E-state index in [9.17, 15) is 52.8 Å². The zero-order valence-corrected chi connectivity index (χ0v) is 48.8. The van der Waals surface area contributed by atoms with E-state index in [1.807, 2.05) is 27.3 Å². The molecule has 6 aromatic rings. The van der Waals surface area contributed by atoms with Gasteiger partial charge in [0.25, 0.3) is 15.9 Å². The first kappa shape index (κ1) is 61.4. The number of alkyl halides is 7. The summed E-state index contributed by atoms with van der Waals surface area (Å²) in [6.07, 6.45) is -5.29. The molecule has 4 heterocycles. The van der Waals surface area contributed by atoms with Gasteiger partial charge in [-0.3, -0.25) is 4.79 Å². The van der Waals surface area contributed by atoms with Crippen LogP contribution in [0.3, 0.4) is 0 Å². The summed E-state index contributed by atoms with van der Waals surface area (Å²) < 4.78 is 151. The van der Waals surface area contributed by atoms with Crippen molar-refractivity contribution in [2.45, 2.75) is 74.5 Å². The number of primary sulfonamides is 1. The summed E-state index contributed by atoms with van der Waals surface area (Å²) in [6.45, 7) is 3.08. The van der Waals surface area contributed by atoms with Crippen LogP contribution in [0.15, 0.2) is 107 Å². The molecule has 75 heavy (non-hydrogen) atoms. The van der Waals surface area contributed by atoms with Gasteiger partial charge in [0.1, 0.15) is 10.3 Å². The maximum Gasteiger partial charge on any atom is 0.394 e. The predicted octanol–water partition coefficient (Wildman–Crippen LogP) is 9.23. The third-order valence-corrected chi connectivity index (χ3v) is 14.5. The molecule has 402 valence electrons. The molecule has 0 aliphatic heterocycles. The number of rotatable bonds is 15. The van der Waals surface area contributed by atoms with Gasteiger partial charge in [0, 0.05) is 65.4 Å². The van der Waals surface area contributed by atoms with E-state index in [1.165, 1.54) is 76.4 Å². The first-order chi connectivity index (χ1) is 35.6. The van der Waals surface area contributed by atoms with Gasteiger partial charge in [-0.1, -0.05) is 82.2 Å². The Bertz CT molecular complexity index is 3200. The summed E-state index contributed by atoms with van der Waals surface area (Å²) in [5, 5.41) is 21.5. The molecule has 30 heteroatoms. The van der Waals surface area contributed by atoms with E-state index in [0.29, 0.717) is 16.0 Å². The summed E-state index contributed by atoms with van der Waals surface area (Å²) in [6, 6.07) is 21.1. The van der Waals surface area contributed by atoms with Crippen LogP contribution < -0.4 is 19.3 Å². The Morgan fingerprint density at radius 2 is 1.13 bits per heavy atom. The molecule has 2 aromatic carbocycles. The number of ether oxygens (including phenoxy) is 2. The molecule has 2 radical (unpaired) electrons. The number of carboxylic acid groups (broad SMARTS) is 1. The van der Waals surface area contributed by atoms with E-state index < -0.39 is 55.1 Å². The Labute approximate surface area is 479 Å². The van der Waals surface area contributed by atoms with Gasteiger partial charge in [0.15, 0.2) is 11.6 Å². The van der Waals surface area contributed by atoms with Crippen LogP contribution in [0, 0.1) is 55.8 Å². The summed E-state index contributed by atoms with van der Waals surface area (Å²) in [4.78, 5) is 32.1. The van der Waals surface area contributed by atoms with Gasteiger partial charge in [0.2, 0.25) is 21.8 Å². The van der Waals surface area contributed by atoms with Crippen molar-refractivity contribution in [1.29, 1.82) is 1.34 Å². The molecule has 8 rings (SSSR count). The van der Waals surface area contributed by atoms with Crippen LogP contribution in [0.2, 0.25) is 10.3 Å². The number of hydrogen-bond acceptors (Lipinski definition) is 12. The Hall–Kier alpha value is -4.43. The minimum Gasteiger partial charge on any atom is -0.478 e. The average Bonchev–Trinajstić information content (AvgIpc) is 4.22. The van der Waals surface area contributed by atoms with E-state index in [0.717, 1.165) is 0 Å². The summed E-state index contributed by atoms with van der Waals surface area (Å²) in [5.41, 5.74) is -2.44. The minimum atomic E-state index is -4.25. The fraction of sp³-hybridized carbons (Fsp3) is 0.333. The standard InChI is InChI=1S/C22H20ClF3N4O4S.C15H13ClF3N3O3.C7H9NO2S.CH3I.BH.U/c1-14-4-2-3-5-16(14)35(32,33)29-20(31)15-6-7-17(27-19(15)23)30-12-8-18(28-30)34-13-11-21(9-10-21)22(24,25)26;16-12-9(13(23)24)1-2-10(20-12)22-7-3-11(21-22)25-8-6-14(4-5-14)15(17,18)19;1-6-4-2-3-5-7(6)11(8,9)10;1-2;;/h2-8,12H,9-11,13H2,1H3,(H,29,31);1-3,7H,4-6,8H2,(H,23,24);2-5H,1H3,(H2,8,9,10);1H3;1H;/i;;;2*1D;. The van der Waals surface area contributed by atoms with Crippen molar-refractivity contribution in [3.8, 4) is 23.4 Å². The quantitative estimate of drug-likeness (QED) is 0.0286. The summed E-state index contributed by atoms with van der Waals surface area (Å²) in [7, 11) is -3.91. The van der Waals surface area contributed by atoms with Crippen LogP contribution >= 0.6 is 45.8 Å². The second-order valence-electron chi connectivity index (χ2n) is 16.3. The predicted molar refractivity (Wildman–Crippen MR) is 271 cm³/mol. The zero-order chi connectivity index (χ0) is 56.9. The first-order valence-electron chi connectivity index (χ1n) is 22.5. The van der Waals surface area contributed by atoms with E-state index in [2.05, 4.69) is 28.5 Å². The fourth-order valence-electron chi connectivity index (χ4n) is 6.78. The van der Waals surface area contributed by atoms with Gasteiger partial charge >= 0.3 is 18.3 Å². The molecule has 2 aliphatic rings. The number of aromatic nitrogens is 6. The van der Waals surface area contributed by atoms with Crippen LogP contribution in [-0.4, -0.2) is 104 Å². The fourth-order valence-corrected chi connectivity index (χ4v) is 9.24. The van der Waals surface area contributed by atoms with Crippen molar-refractivity contribution < 1.29 is 99.8 Å². The van der Waals surface area contributed by atoms with Crippen LogP contribution in [0.5, 0.6) is 11.8 Å². The number of amides is 1. The Morgan fingerprint density at radius 1 is 0.747 bits per heavy atom. The molecule has 0 atom stereocenters. The number of aromatic carboxylic acids is 1. The molecule has 0 spiro atoms. The molecule has 2 aliphatic carbocycles.